The number of rotatable bonds is 16. The number of carboxylic acids is 2. The predicted octanol–water partition coefficient (Wildman–Crippen LogP) is -3.23. The summed E-state index contributed by atoms with van der Waals surface area (Å²) in [6.07, 6.45) is 0.298. The fraction of sp³-hybridized carbons (Fsp3) is 0.706. The molecule has 178 valence electrons. The third-order valence-electron chi connectivity index (χ3n) is 4.19. The molecule has 0 fully saturated rings. The fourth-order valence-corrected chi connectivity index (χ4v) is 2.64. The number of aliphatic hydroxyl groups excluding tert-OH is 1. The minimum absolute atomic E-state index is 0.128. The Morgan fingerprint density at radius 2 is 1.39 bits per heavy atom. The predicted molar refractivity (Wildman–Crippen MR) is 112 cm³/mol. The van der Waals surface area contributed by atoms with E-state index in [-0.39, 0.29) is 18.6 Å². The van der Waals surface area contributed by atoms with Crippen molar-refractivity contribution < 1.29 is 39.3 Å². The molecular weight excluding hydrogens is 434 g/mol. The van der Waals surface area contributed by atoms with Crippen LogP contribution in [0.5, 0.6) is 0 Å². The largest absolute Gasteiger partial charge is 0.481 e. The Morgan fingerprint density at radius 1 is 0.839 bits per heavy atom. The fourth-order valence-electron chi connectivity index (χ4n) is 2.39. The van der Waals surface area contributed by atoms with Gasteiger partial charge < -0.3 is 42.7 Å². The molecule has 0 aliphatic heterocycles. The smallest absolute Gasteiger partial charge is 0.326 e. The summed E-state index contributed by atoms with van der Waals surface area (Å²) in [5, 5.41) is 33.8. The maximum Gasteiger partial charge on any atom is 0.326 e. The number of aliphatic hydroxyl groups is 1. The molecule has 0 aliphatic carbocycles. The highest BCUT2D eigenvalue weighted by Crippen LogP contribution is 2.05. The average molecular weight is 466 g/mol. The van der Waals surface area contributed by atoms with E-state index in [1.165, 1.54) is 0 Å². The van der Waals surface area contributed by atoms with Gasteiger partial charge in [-0.2, -0.15) is 12.6 Å². The quantitative estimate of drug-likeness (QED) is 0.0816. The molecule has 31 heavy (non-hydrogen) atoms. The van der Waals surface area contributed by atoms with Crippen molar-refractivity contribution in [1.29, 1.82) is 0 Å². The van der Waals surface area contributed by atoms with Gasteiger partial charge in [-0.05, 0) is 32.2 Å². The highest BCUT2D eigenvalue weighted by atomic mass is 32.1. The van der Waals surface area contributed by atoms with Gasteiger partial charge in [0, 0.05) is 12.2 Å². The zero-order chi connectivity index (χ0) is 24.0. The van der Waals surface area contributed by atoms with Crippen LogP contribution in [0.1, 0.15) is 32.1 Å². The van der Waals surface area contributed by atoms with E-state index in [2.05, 4.69) is 28.6 Å². The number of hydrogen-bond donors (Lipinski definition) is 9. The summed E-state index contributed by atoms with van der Waals surface area (Å²) in [4.78, 5) is 58.9. The minimum atomic E-state index is -1.46. The van der Waals surface area contributed by atoms with Crippen LogP contribution in [0.25, 0.3) is 0 Å². The van der Waals surface area contributed by atoms with Crippen molar-refractivity contribution in [2.75, 3.05) is 18.9 Å². The van der Waals surface area contributed by atoms with Crippen molar-refractivity contribution in [3.8, 4) is 0 Å². The van der Waals surface area contributed by atoms with E-state index < -0.39 is 66.9 Å². The molecule has 0 heterocycles. The van der Waals surface area contributed by atoms with Crippen LogP contribution >= 0.6 is 12.6 Å². The molecule has 10 N–H and O–H groups in total. The second kappa shape index (κ2) is 15.4. The monoisotopic (exact) mass is 465 g/mol. The number of nitrogens with one attached hydrogen (secondary N) is 3. The lowest BCUT2D eigenvalue weighted by Gasteiger charge is -2.24. The number of amides is 3. The van der Waals surface area contributed by atoms with Crippen molar-refractivity contribution in [2.24, 2.45) is 11.5 Å². The number of carboxylic acid groups (broad SMARTS) is 2. The molecule has 3 amide bonds. The van der Waals surface area contributed by atoms with Gasteiger partial charge in [0.1, 0.15) is 24.2 Å². The second-order valence-electron chi connectivity index (χ2n) is 6.71. The van der Waals surface area contributed by atoms with Gasteiger partial charge in [-0.1, -0.05) is 0 Å². The van der Waals surface area contributed by atoms with Gasteiger partial charge in [-0.15, -0.1) is 0 Å². The number of thiol groups is 1. The molecule has 0 bridgehead atoms. The molecule has 0 rings (SSSR count). The molecule has 0 spiro atoms. The van der Waals surface area contributed by atoms with Crippen LogP contribution in [0.2, 0.25) is 0 Å². The molecule has 14 heteroatoms. The van der Waals surface area contributed by atoms with Crippen LogP contribution < -0.4 is 27.4 Å². The van der Waals surface area contributed by atoms with Crippen molar-refractivity contribution in [2.45, 2.75) is 56.3 Å². The zero-order valence-corrected chi connectivity index (χ0v) is 17.8. The third kappa shape index (κ3) is 11.5. The number of unbranched alkanes of at least 4 members (excludes halogenated alkanes) is 1. The third-order valence-corrected chi connectivity index (χ3v) is 4.56. The molecule has 0 aromatic carbocycles. The van der Waals surface area contributed by atoms with Crippen LogP contribution in [-0.2, 0) is 24.0 Å². The first-order chi connectivity index (χ1) is 14.6. The Kier molecular flexibility index (Phi) is 14.2. The van der Waals surface area contributed by atoms with Gasteiger partial charge in [0.2, 0.25) is 17.7 Å². The molecular formula is C17H31N5O8S. The molecule has 0 aromatic rings. The van der Waals surface area contributed by atoms with Gasteiger partial charge in [-0.25, -0.2) is 4.79 Å². The highest BCUT2D eigenvalue weighted by Gasteiger charge is 2.29. The molecule has 0 saturated carbocycles. The number of aliphatic carboxylic acids is 2. The topological polar surface area (TPSA) is 234 Å². The Morgan fingerprint density at radius 3 is 1.87 bits per heavy atom. The number of nitrogens with two attached hydrogens (primary N) is 2. The molecule has 0 aromatic heterocycles. The highest BCUT2D eigenvalue weighted by molar-refractivity contribution is 7.80. The van der Waals surface area contributed by atoms with E-state index >= 15 is 0 Å². The van der Waals surface area contributed by atoms with Crippen molar-refractivity contribution >= 4 is 42.3 Å². The first-order valence-corrected chi connectivity index (χ1v) is 10.2. The van der Waals surface area contributed by atoms with Gasteiger partial charge in [0.25, 0.3) is 0 Å². The molecule has 4 atom stereocenters. The van der Waals surface area contributed by atoms with E-state index in [0.29, 0.717) is 19.4 Å². The lowest BCUT2D eigenvalue weighted by Crippen LogP contribution is -2.58. The Hall–Kier alpha value is -2.42. The van der Waals surface area contributed by atoms with Gasteiger partial charge in [0.15, 0.2) is 0 Å². The normalized spacial score (nSPS) is 14.6. The first kappa shape index (κ1) is 28.6. The van der Waals surface area contributed by atoms with E-state index in [9.17, 15) is 29.1 Å². The minimum Gasteiger partial charge on any atom is -0.481 e. The molecule has 0 saturated heterocycles. The summed E-state index contributed by atoms with van der Waals surface area (Å²) >= 11 is 3.99. The number of carbonyl (C=O) groups excluding carboxylic acids is 3. The second-order valence-corrected chi connectivity index (χ2v) is 7.08. The van der Waals surface area contributed by atoms with Crippen molar-refractivity contribution in [3.63, 3.8) is 0 Å². The van der Waals surface area contributed by atoms with Crippen molar-refractivity contribution in [3.05, 3.63) is 0 Å². The van der Waals surface area contributed by atoms with E-state index in [0.717, 1.165) is 0 Å². The van der Waals surface area contributed by atoms with Crippen LogP contribution in [0, 0.1) is 0 Å². The summed E-state index contributed by atoms with van der Waals surface area (Å²) in [6.45, 7) is -0.295. The van der Waals surface area contributed by atoms with Gasteiger partial charge >= 0.3 is 11.9 Å². The molecule has 0 radical (unpaired) electrons. The molecule has 4 unspecified atom stereocenters. The summed E-state index contributed by atoms with van der Waals surface area (Å²) in [5.41, 5.74) is 10.8. The van der Waals surface area contributed by atoms with Crippen molar-refractivity contribution in [1.82, 2.24) is 16.0 Å². The maximum atomic E-state index is 12.6. The lowest BCUT2D eigenvalue weighted by molar-refractivity contribution is -0.143. The van der Waals surface area contributed by atoms with Crippen LogP contribution in [-0.4, -0.2) is 88.1 Å². The lowest BCUT2D eigenvalue weighted by atomic mass is 10.1. The van der Waals surface area contributed by atoms with Crippen LogP contribution in [0.4, 0.5) is 0 Å². The summed E-state index contributed by atoms with van der Waals surface area (Å²) < 4.78 is 0. The average Bonchev–Trinajstić information content (AvgIpc) is 2.72. The summed E-state index contributed by atoms with van der Waals surface area (Å²) in [5.74, 6) is -5.15. The Balaban J connectivity index is 5.26. The Labute approximate surface area is 184 Å². The van der Waals surface area contributed by atoms with Gasteiger partial charge in [-0.3, -0.25) is 19.2 Å². The zero-order valence-electron chi connectivity index (χ0n) is 17.0. The SMILES string of the molecule is NCCCCC(NC(=O)C(CS)NC(=O)C(N)CO)C(=O)NC(CCC(=O)O)C(=O)O. The molecule has 0 aliphatic rings. The van der Waals surface area contributed by atoms with Gasteiger partial charge in [0.05, 0.1) is 6.61 Å². The first-order valence-electron chi connectivity index (χ1n) is 9.60. The summed E-state index contributed by atoms with van der Waals surface area (Å²) in [6, 6.07) is -5.03. The van der Waals surface area contributed by atoms with Crippen LogP contribution in [0.3, 0.4) is 0 Å². The summed E-state index contributed by atoms with van der Waals surface area (Å²) in [7, 11) is 0. The van der Waals surface area contributed by atoms with E-state index in [4.69, 9.17) is 21.7 Å². The van der Waals surface area contributed by atoms with Crippen LogP contribution in [0.15, 0.2) is 0 Å². The Bertz CT molecular complexity index is 636. The standard InChI is InChI=1S/C17H31N5O8S/c18-6-2-1-3-10(15(27)21-11(17(29)30)4-5-13(24)25)20-16(28)12(8-31)22-14(26)9(19)7-23/h9-12,23,31H,1-8,18-19H2,(H,20,28)(H,21,27)(H,22,26)(H,24,25)(H,29,30). The van der Waals surface area contributed by atoms with E-state index in [1.54, 1.807) is 0 Å². The number of hydrogen-bond acceptors (Lipinski definition) is 9. The molecule has 13 nitrogen and oxygen atoms in total. The number of carbonyl (C=O) groups is 5. The van der Waals surface area contributed by atoms with E-state index in [1.807, 2.05) is 0 Å². The maximum absolute atomic E-state index is 12.6.